The minimum Gasteiger partial charge on any atom is -0.494 e. The Kier molecular flexibility index (Phi) is 6.44. The van der Waals surface area contributed by atoms with Crippen LogP contribution in [0.3, 0.4) is 0 Å². The standard InChI is InChI=1S/C19H29NO2/c1-15-11-16(2)14-20(13-15)9-4-5-10-22-19-8-6-7-18(12-19)17(3)21/h6-8,12,15-16H,4-5,9-11,13-14H2,1-3H3/t15-,16-/m1/s1. The van der Waals surface area contributed by atoms with E-state index >= 15 is 0 Å². The normalized spacial score (nSPS) is 22.5. The molecule has 0 saturated carbocycles. The predicted molar refractivity (Wildman–Crippen MR) is 90.6 cm³/mol. The molecule has 0 bridgehead atoms. The van der Waals surface area contributed by atoms with Crippen LogP contribution in [0.5, 0.6) is 5.75 Å². The Hall–Kier alpha value is -1.35. The van der Waals surface area contributed by atoms with Gasteiger partial charge in [0.05, 0.1) is 6.61 Å². The quantitative estimate of drug-likeness (QED) is 0.563. The van der Waals surface area contributed by atoms with Gasteiger partial charge in [-0.25, -0.2) is 0 Å². The van der Waals surface area contributed by atoms with E-state index in [1.807, 2.05) is 24.3 Å². The van der Waals surface area contributed by atoms with Gasteiger partial charge in [-0.15, -0.1) is 0 Å². The number of hydrogen-bond donors (Lipinski definition) is 0. The third-order valence-electron chi connectivity index (χ3n) is 4.32. The summed E-state index contributed by atoms with van der Waals surface area (Å²) in [5.74, 6) is 2.54. The molecule has 1 aliphatic rings. The molecule has 0 unspecified atom stereocenters. The summed E-state index contributed by atoms with van der Waals surface area (Å²) in [5, 5.41) is 0. The van der Waals surface area contributed by atoms with Crippen molar-refractivity contribution in [2.45, 2.75) is 40.0 Å². The molecule has 1 heterocycles. The van der Waals surface area contributed by atoms with E-state index in [9.17, 15) is 4.79 Å². The van der Waals surface area contributed by atoms with E-state index in [4.69, 9.17) is 4.74 Å². The second-order valence-corrected chi connectivity index (χ2v) is 6.85. The highest BCUT2D eigenvalue weighted by Gasteiger charge is 2.20. The van der Waals surface area contributed by atoms with Crippen molar-refractivity contribution in [1.82, 2.24) is 4.90 Å². The van der Waals surface area contributed by atoms with Gasteiger partial charge in [-0.3, -0.25) is 4.79 Å². The topological polar surface area (TPSA) is 29.5 Å². The van der Waals surface area contributed by atoms with Crippen molar-refractivity contribution in [1.29, 1.82) is 0 Å². The van der Waals surface area contributed by atoms with Gasteiger partial charge in [-0.2, -0.15) is 0 Å². The molecule has 1 saturated heterocycles. The zero-order chi connectivity index (χ0) is 15.9. The number of piperidine rings is 1. The Bertz CT molecular complexity index is 476. The number of carbonyl (C=O) groups is 1. The Morgan fingerprint density at radius 3 is 2.64 bits per heavy atom. The number of benzene rings is 1. The average molecular weight is 303 g/mol. The van der Waals surface area contributed by atoms with Crippen LogP contribution in [-0.2, 0) is 0 Å². The van der Waals surface area contributed by atoms with E-state index in [0.29, 0.717) is 5.56 Å². The first-order chi connectivity index (χ1) is 10.5. The maximum absolute atomic E-state index is 11.3. The third-order valence-corrected chi connectivity index (χ3v) is 4.32. The van der Waals surface area contributed by atoms with Crippen molar-refractivity contribution < 1.29 is 9.53 Å². The molecule has 122 valence electrons. The third kappa shape index (κ3) is 5.45. The highest BCUT2D eigenvalue weighted by atomic mass is 16.5. The number of unbranched alkanes of at least 4 members (excludes halogenated alkanes) is 1. The molecule has 3 nitrogen and oxygen atoms in total. The second-order valence-electron chi connectivity index (χ2n) is 6.85. The van der Waals surface area contributed by atoms with Crippen LogP contribution in [0.15, 0.2) is 24.3 Å². The molecule has 1 aromatic rings. The molecule has 0 aromatic heterocycles. The summed E-state index contributed by atoms with van der Waals surface area (Å²) >= 11 is 0. The van der Waals surface area contributed by atoms with E-state index in [1.54, 1.807) is 6.92 Å². The van der Waals surface area contributed by atoms with Crippen molar-refractivity contribution in [3.63, 3.8) is 0 Å². The summed E-state index contributed by atoms with van der Waals surface area (Å²) < 4.78 is 5.76. The largest absolute Gasteiger partial charge is 0.494 e. The van der Waals surface area contributed by atoms with E-state index in [1.165, 1.54) is 32.5 Å². The van der Waals surface area contributed by atoms with Crippen LogP contribution in [0.1, 0.15) is 50.4 Å². The SMILES string of the molecule is CC(=O)c1cccc(OCCCCN2C[C@H](C)C[C@@H](C)C2)c1. The Balaban J connectivity index is 1.65. The number of hydrogen-bond acceptors (Lipinski definition) is 3. The Labute approximate surface area is 134 Å². The van der Waals surface area contributed by atoms with Crippen LogP contribution >= 0.6 is 0 Å². The molecule has 0 N–H and O–H groups in total. The molecule has 1 fully saturated rings. The van der Waals surface area contributed by atoms with Gasteiger partial charge in [-0.1, -0.05) is 26.0 Å². The first-order valence-corrected chi connectivity index (χ1v) is 8.50. The van der Waals surface area contributed by atoms with Gasteiger partial charge < -0.3 is 9.64 Å². The van der Waals surface area contributed by atoms with E-state index < -0.39 is 0 Å². The van der Waals surface area contributed by atoms with Gasteiger partial charge in [0.1, 0.15) is 5.75 Å². The number of Topliss-reactive ketones (excluding diaryl/α,β-unsaturated/α-hetero) is 1. The summed E-state index contributed by atoms with van der Waals surface area (Å²) in [6, 6.07) is 7.45. The molecular formula is C19H29NO2. The van der Waals surface area contributed by atoms with Crippen LogP contribution in [0.2, 0.25) is 0 Å². The van der Waals surface area contributed by atoms with Crippen molar-refractivity contribution in [2.75, 3.05) is 26.2 Å². The fourth-order valence-electron chi connectivity index (χ4n) is 3.41. The molecular weight excluding hydrogens is 274 g/mol. The van der Waals surface area contributed by atoms with Crippen LogP contribution < -0.4 is 4.74 Å². The Morgan fingerprint density at radius 2 is 1.95 bits per heavy atom. The smallest absolute Gasteiger partial charge is 0.159 e. The maximum Gasteiger partial charge on any atom is 0.159 e. The van der Waals surface area contributed by atoms with Crippen LogP contribution in [0.4, 0.5) is 0 Å². The van der Waals surface area contributed by atoms with E-state index in [2.05, 4.69) is 18.7 Å². The summed E-state index contributed by atoms with van der Waals surface area (Å²) in [5.41, 5.74) is 0.716. The monoisotopic (exact) mass is 303 g/mol. The maximum atomic E-state index is 11.3. The molecule has 2 atom stereocenters. The zero-order valence-corrected chi connectivity index (χ0v) is 14.2. The molecule has 1 aromatic carbocycles. The summed E-state index contributed by atoms with van der Waals surface area (Å²) in [6.45, 7) is 10.7. The number of nitrogens with zero attached hydrogens (tertiary/aromatic N) is 1. The minimum absolute atomic E-state index is 0.0822. The first-order valence-electron chi connectivity index (χ1n) is 8.50. The van der Waals surface area contributed by atoms with Crippen LogP contribution in [0.25, 0.3) is 0 Å². The number of likely N-dealkylation sites (tertiary alicyclic amines) is 1. The van der Waals surface area contributed by atoms with Crippen molar-refractivity contribution in [3.05, 3.63) is 29.8 Å². The first kappa shape index (κ1) is 17.0. The zero-order valence-electron chi connectivity index (χ0n) is 14.2. The highest BCUT2D eigenvalue weighted by molar-refractivity contribution is 5.94. The van der Waals surface area contributed by atoms with Gasteiger partial charge >= 0.3 is 0 Å². The van der Waals surface area contributed by atoms with Crippen molar-refractivity contribution in [2.24, 2.45) is 11.8 Å². The van der Waals surface area contributed by atoms with Gasteiger partial charge in [0.2, 0.25) is 0 Å². The highest BCUT2D eigenvalue weighted by Crippen LogP contribution is 2.21. The van der Waals surface area contributed by atoms with E-state index in [0.717, 1.165) is 30.6 Å². The van der Waals surface area contributed by atoms with Gasteiger partial charge in [0, 0.05) is 18.7 Å². The second kappa shape index (κ2) is 8.33. The van der Waals surface area contributed by atoms with E-state index in [-0.39, 0.29) is 5.78 Å². The fourth-order valence-corrected chi connectivity index (χ4v) is 3.41. The lowest BCUT2D eigenvalue weighted by molar-refractivity contribution is 0.101. The lowest BCUT2D eigenvalue weighted by Crippen LogP contribution is -2.39. The lowest BCUT2D eigenvalue weighted by Gasteiger charge is -2.34. The van der Waals surface area contributed by atoms with Crippen molar-refractivity contribution >= 4 is 5.78 Å². The van der Waals surface area contributed by atoms with Crippen LogP contribution in [0, 0.1) is 11.8 Å². The number of rotatable bonds is 7. The summed E-state index contributed by atoms with van der Waals surface area (Å²) in [6.07, 6.45) is 3.60. The molecule has 0 radical (unpaired) electrons. The summed E-state index contributed by atoms with van der Waals surface area (Å²) in [7, 11) is 0. The molecule has 22 heavy (non-hydrogen) atoms. The van der Waals surface area contributed by atoms with Crippen LogP contribution in [-0.4, -0.2) is 36.9 Å². The lowest BCUT2D eigenvalue weighted by atomic mass is 9.92. The fraction of sp³-hybridized carbons (Fsp3) is 0.632. The predicted octanol–water partition coefficient (Wildman–Crippen LogP) is 4.03. The number of ketones is 1. The Morgan fingerprint density at radius 1 is 1.23 bits per heavy atom. The molecule has 1 aliphatic heterocycles. The van der Waals surface area contributed by atoms with Gasteiger partial charge in [0.25, 0.3) is 0 Å². The van der Waals surface area contributed by atoms with Gasteiger partial charge in [-0.05, 0) is 56.7 Å². The number of carbonyl (C=O) groups excluding carboxylic acids is 1. The molecule has 3 heteroatoms. The summed E-state index contributed by atoms with van der Waals surface area (Å²) in [4.78, 5) is 13.9. The van der Waals surface area contributed by atoms with Crippen molar-refractivity contribution in [3.8, 4) is 5.75 Å². The molecule has 0 aliphatic carbocycles. The molecule has 2 rings (SSSR count). The number of ether oxygens (including phenoxy) is 1. The molecule has 0 amide bonds. The average Bonchev–Trinajstić information content (AvgIpc) is 2.46. The molecule has 0 spiro atoms. The van der Waals surface area contributed by atoms with Gasteiger partial charge in [0.15, 0.2) is 5.78 Å². The minimum atomic E-state index is 0.0822.